The molecule has 0 heterocycles. The minimum absolute atomic E-state index is 0.0220. The average Bonchev–Trinajstić information content (AvgIpc) is 2.45. The molecule has 1 N–H and O–H groups in total. The van der Waals surface area contributed by atoms with Crippen LogP contribution in [-0.4, -0.2) is 26.3 Å². The van der Waals surface area contributed by atoms with Crippen LogP contribution in [0.25, 0.3) is 0 Å². The number of nitriles is 1. The number of nitrogens with zero attached hydrogens (tertiary/aromatic N) is 2. The Hall–Kier alpha value is -1.56. The fraction of sp³-hybridized carbons (Fsp3) is 0.500. The monoisotopic (exact) mass is 331 g/mol. The van der Waals surface area contributed by atoms with E-state index in [1.54, 1.807) is 13.8 Å². The highest BCUT2D eigenvalue weighted by molar-refractivity contribution is 7.87. The molecule has 122 valence electrons. The lowest BCUT2D eigenvalue weighted by molar-refractivity contribution is 0.419. The predicted molar refractivity (Wildman–Crippen MR) is 78.9 cm³/mol. The number of benzene rings is 1. The van der Waals surface area contributed by atoms with E-state index < -0.39 is 33.8 Å². The summed E-state index contributed by atoms with van der Waals surface area (Å²) < 4.78 is 54.5. The van der Waals surface area contributed by atoms with Crippen LogP contribution in [0.1, 0.15) is 31.9 Å². The van der Waals surface area contributed by atoms with Crippen molar-refractivity contribution in [3.63, 3.8) is 0 Å². The van der Waals surface area contributed by atoms with Gasteiger partial charge in [0.15, 0.2) is 0 Å². The Morgan fingerprint density at radius 3 is 2.55 bits per heavy atom. The Kier molecular flexibility index (Phi) is 6.41. The van der Waals surface area contributed by atoms with Crippen molar-refractivity contribution < 1.29 is 17.2 Å². The highest BCUT2D eigenvalue weighted by atomic mass is 32.2. The molecule has 0 fully saturated rings. The molecule has 0 aliphatic rings. The van der Waals surface area contributed by atoms with E-state index in [0.29, 0.717) is 12.5 Å². The van der Waals surface area contributed by atoms with Crippen molar-refractivity contribution in [1.29, 1.82) is 5.26 Å². The van der Waals surface area contributed by atoms with E-state index in [9.17, 15) is 17.2 Å². The molecule has 1 aromatic carbocycles. The molecule has 1 rings (SSSR count). The van der Waals surface area contributed by atoms with Crippen LogP contribution in [0.3, 0.4) is 0 Å². The normalized spacial score (nSPS) is 14.6. The molecular weight excluding hydrogens is 312 g/mol. The molecule has 0 amide bonds. The fourth-order valence-electron chi connectivity index (χ4n) is 1.95. The zero-order valence-electron chi connectivity index (χ0n) is 12.7. The average molecular weight is 331 g/mol. The standard InChI is InChI=1S/C14H19F2N3O2S/c1-4-14(12-6-5-11(15)7-13(12)16)18-22(20,21)19(3)9-10(2)8-17/h5-7,10,14,18H,4,9H2,1-3H3/t10-,14+/m1/s1. The third kappa shape index (κ3) is 4.73. The maximum Gasteiger partial charge on any atom is 0.279 e. The highest BCUT2D eigenvalue weighted by Gasteiger charge is 2.25. The second-order valence-corrected chi connectivity index (χ2v) is 6.87. The molecule has 22 heavy (non-hydrogen) atoms. The molecule has 0 spiro atoms. The van der Waals surface area contributed by atoms with Gasteiger partial charge in [0.25, 0.3) is 10.2 Å². The Morgan fingerprint density at radius 2 is 2.05 bits per heavy atom. The van der Waals surface area contributed by atoms with Gasteiger partial charge < -0.3 is 0 Å². The Morgan fingerprint density at radius 1 is 1.41 bits per heavy atom. The maximum atomic E-state index is 13.8. The molecule has 0 aliphatic carbocycles. The number of hydrogen-bond acceptors (Lipinski definition) is 3. The van der Waals surface area contributed by atoms with Crippen LogP contribution >= 0.6 is 0 Å². The van der Waals surface area contributed by atoms with Gasteiger partial charge in [-0.1, -0.05) is 13.0 Å². The summed E-state index contributed by atoms with van der Waals surface area (Å²) >= 11 is 0. The SMILES string of the molecule is CC[C@H](NS(=O)(=O)N(C)C[C@H](C)C#N)c1ccc(F)cc1F. The zero-order chi connectivity index (χ0) is 16.9. The molecule has 0 saturated carbocycles. The molecular formula is C14H19F2N3O2S. The van der Waals surface area contributed by atoms with E-state index in [1.165, 1.54) is 13.1 Å². The van der Waals surface area contributed by atoms with Crippen LogP contribution in [-0.2, 0) is 10.2 Å². The number of nitrogens with one attached hydrogen (secondary N) is 1. The molecule has 0 unspecified atom stereocenters. The Balaban J connectivity index is 2.96. The lowest BCUT2D eigenvalue weighted by Crippen LogP contribution is -2.41. The third-order valence-corrected chi connectivity index (χ3v) is 4.75. The van der Waals surface area contributed by atoms with Gasteiger partial charge in [-0.2, -0.15) is 22.7 Å². The molecule has 0 saturated heterocycles. The van der Waals surface area contributed by atoms with Gasteiger partial charge >= 0.3 is 0 Å². The van der Waals surface area contributed by atoms with Crippen LogP contribution in [0.2, 0.25) is 0 Å². The van der Waals surface area contributed by atoms with Gasteiger partial charge in [-0.05, 0) is 19.4 Å². The Bertz CT molecular complexity index is 659. The second-order valence-electron chi connectivity index (χ2n) is 5.06. The topological polar surface area (TPSA) is 73.2 Å². The predicted octanol–water partition coefficient (Wildman–Crippen LogP) is 2.34. The van der Waals surface area contributed by atoms with Crippen molar-refractivity contribution >= 4 is 10.2 Å². The Labute approximate surface area is 129 Å². The van der Waals surface area contributed by atoms with Crippen molar-refractivity contribution in [2.24, 2.45) is 5.92 Å². The van der Waals surface area contributed by atoms with E-state index in [-0.39, 0.29) is 12.1 Å². The van der Waals surface area contributed by atoms with Gasteiger partial charge in [0.1, 0.15) is 11.6 Å². The minimum atomic E-state index is -3.88. The van der Waals surface area contributed by atoms with Crippen LogP contribution in [0.4, 0.5) is 8.78 Å². The number of hydrogen-bond donors (Lipinski definition) is 1. The lowest BCUT2D eigenvalue weighted by Gasteiger charge is -2.23. The van der Waals surface area contributed by atoms with E-state index in [0.717, 1.165) is 10.4 Å². The van der Waals surface area contributed by atoms with E-state index in [1.807, 2.05) is 6.07 Å². The van der Waals surface area contributed by atoms with Crippen molar-refractivity contribution in [3.05, 3.63) is 35.4 Å². The van der Waals surface area contributed by atoms with E-state index >= 15 is 0 Å². The summed E-state index contributed by atoms with van der Waals surface area (Å²) in [7, 11) is -2.54. The van der Waals surface area contributed by atoms with Crippen LogP contribution in [0, 0.1) is 28.9 Å². The molecule has 0 radical (unpaired) electrons. The highest BCUT2D eigenvalue weighted by Crippen LogP contribution is 2.22. The third-order valence-electron chi connectivity index (χ3n) is 3.20. The van der Waals surface area contributed by atoms with Gasteiger partial charge in [0.2, 0.25) is 0 Å². The van der Waals surface area contributed by atoms with Crippen molar-refractivity contribution in [1.82, 2.24) is 9.03 Å². The summed E-state index contributed by atoms with van der Waals surface area (Å²) in [6.45, 7) is 3.31. The van der Waals surface area contributed by atoms with Gasteiger partial charge in [-0.15, -0.1) is 0 Å². The van der Waals surface area contributed by atoms with Gasteiger partial charge in [-0.3, -0.25) is 0 Å². The number of rotatable bonds is 7. The summed E-state index contributed by atoms with van der Waals surface area (Å²) in [6, 6.07) is 4.15. The quantitative estimate of drug-likeness (QED) is 0.833. The second kappa shape index (κ2) is 7.63. The van der Waals surface area contributed by atoms with Crippen LogP contribution in [0.15, 0.2) is 18.2 Å². The van der Waals surface area contributed by atoms with Gasteiger partial charge in [0, 0.05) is 25.2 Å². The first-order valence-corrected chi connectivity index (χ1v) is 8.23. The van der Waals surface area contributed by atoms with Crippen LogP contribution < -0.4 is 4.72 Å². The first kappa shape index (κ1) is 18.5. The maximum absolute atomic E-state index is 13.8. The molecule has 0 bridgehead atoms. The summed E-state index contributed by atoms with van der Waals surface area (Å²) in [4.78, 5) is 0. The first-order chi connectivity index (χ1) is 10.2. The molecule has 2 atom stereocenters. The first-order valence-electron chi connectivity index (χ1n) is 6.79. The van der Waals surface area contributed by atoms with Crippen LogP contribution in [0.5, 0.6) is 0 Å². The van der Waals surface area contributed by atoms with Crippen molar-refractivity contribution in [3.8, 4) is 6.07 Å². The lowest BCUT2D eigenvalue weighted by atomic mass is 10.1. The zero-order valence-corrected chi connectivity index (χ0v) is 13.5. The van der Waals surface area contributed by atoms with Crippen molar-refractivity contribution in [2.75, 3.05) is 13.6 Å². The molecule has 1 aromatic rings. The van der Waals surface area contributed by atoms with E-state index in [4.69, 9.17) is 5.26 Å². The van der Waals surface area contributed by atoms with E-state index in [2.05, 4.69) is 4.72 Å². The summed E-state index contributed by atoms with van der Waals surface area (Å²) in [5, 5.41) is 8.74. The summed E-state index contributed by atoms with van der Waals surface area (Å²) in [5.41, 5.74) is 0.0780. The fourth-order valence-corrected chi connectivity index (χ4v) is 3.20. The smallest absolute Gasteiger partial charge is 0.207 e. The molecule has 0 aliphatic heterocycles. The molecule has 5 nitrogen and oxygen atoms in total. The number of halogens is 2. The van der Waals surface area contributed by atoms with Crippen molar-refractivity contribution in [2.45, 2.75) is 26.3 Å². The largest absolute Gasteiger partial charge is 0.279 e. The van der Waals surface area contributed by atoms with Gasteiger partial charge in [0.05, 0.1) is 18.0 Å². The molecule has 8 heteroatoms. The summed E-state index contributed by atoms with van der Waals surface area (Å²) in [5.74, 6) is -1.99. The summed E-state index contributed by atoms with van der Waals surface area (Å²) in [6.07, 6.45) is 0.295. The minimum Gasteiger partial charge on any atom is -0.207 e. The molecule has 0 aromatic heterocycles. The van der Waals surface area contributed by atoms with Gasteiger partial charge in [-0.25, -0.2) is 8.78 Å².